The number of phosphoric ester groups is 2. The second-order valence-electron chi connectivity index (χ2n) is 24.2. The first-order chi connectivity index (χ1) is 40.4. The molecule has 84 heavy (non-hydrogen) atoms. The van der Waals surface area contributed by atoms with Crippen LogP contribution in [0.5, 0.6) is 0 Å². The smallest absolute Gasteiger partial charge is 0.462 e. The number of carbonyl (C=O) groups is 4. The predicted octanol–water partition coefficient (Wildman–Crippen LogP) is 18.0. The summed E-state index contributed by atoms with van der Waals surface area (Å²) in [6.07, 6.45) is 40.7. The van der Waals surface area contributed by atoms with E-state index in [1.807, 2.05) is 0 Å². The third-order valence-electron chi connectivity index (χ3n) is 15.3. The molecule has 0 heterocycles. The van der Waals surface area contributed by atoms with Crippen LogP contribution in [0.25, 0.3) is 0 Å². The van der Waals surface area contributed by atoms with Crippen LogP contribution in [0.1, 0.15) is 324 Å². The number of aliphatic hydroxyl groups is 1. The van der Waals surface area contributed by atoms with E-state index in [4.69, 9.17) is 37.0 Å². The molecule has 498 valence electrons. The summed E-state index contributed by atoms with van der Waals surface area (Å²) < 4.78 is 67.9. The molecule has 6 atom stereocenters. The van der Waals surface area contributed by atoms with Crippen LogP contribution in [0.15, 0.2) is 0 Å². The molecule has 0 rings (SSSR count). The summed E-state index contributed by atoms with van der Waals surface area (Å²) in [4.78, 5) is 72.0. The Hall–Kier alpha value is -1.94. The monoisotopic (exact) mass is 1240 g/mol. The topological polar surface area (TPSA) is 237 Å². The van der Waals surface area contributed by atoms with E-state index < -0.39 is 97.5 Å². The fourth-order valence-corrected chi connectivity index (χ4v) is 11.3. The largest absolute Gasteiger partial charge is 0.472 e. The Kier molecular flexibility index (Phi) is 56.2. The number of phosphoric acid groups is 2. The van der Waals surface area contributed by atoms with Gasteiger partial charge in [0.25, 0.3) is 0 Å². The number of esters is 4. The second-order valence-corrected chi connectivity index (χ2v) is 27.1. The van der Waals surface area contributed by atoms with Crippen LogP contribution in [0.2, 0.25) is 0 Å². The SMILES string of the molecule is CCCCCCCCCCCCCCCCC(=O)OC[C@H](COP(=O)(O)OC[C@@H](O)COP(=O)(O)OC[C@@H](COC(=O)CCCCCCC)OC(=O)CCCCCCCCC(C)CC)OC(=O)CCCCCCCCCCCCCCC(C)C. The normalized spacial score (nSPS) is 14.6. The number of rotatable bonds is 64. The molecule has 0 spiro atoms. The molecule has 0 aliphatic heterocycles. The third kappa shape index (κ3) is 57.8. The van der Waals surface area contributed by atoms with E-state index in [1.54, 1.807) is 0 Å². The Morgan fingerprint density at radius 3 is 0.905 bits per heavy atom. The molecular weight excluding hydrogens is 1110 g/mol. The molecule has 3 unspecified atom stereocenters. The average molecular weight is 1240 g/mol. The van der Waals surface area contributed by atoms with Crippen molar-refractivity contribution in [3.63, 3.8) is 0 Å². The number of aliphatic hydroxyl groups excluding tert-OH is 1. The van der Waals surface area contributed by atoms with Gasteiger partial charge in [-0.1, -0.05) is 273 Å². The minimum atomic E-state index is -4.95. The maximum atomic E-state index is 13.0. The number of hydrogen-bond donors (Lipinski definition) is 3. The minimum Gasteiger partial charge on any atom is -0.462 e. The van der Waals surface area contributed by atoms with E-state index >= 15 is 0 Å². The fourth-order valence-electron chi connectivity index (χ4n) is 9.68. The molecule has 0 fully saturated rings. The van der Waals surface area contributed by atoms with E-state index in [0.29, 0.717) is 25.7 Å². The van der Waals surface area contributed by atoms with Crippen LogP contribution in [0.3, 0.4) is 0 Å². The summed E-state index contributed by atoms with van der Waals surface area (Å²) in [5.41, 5.74) is 0. The number of hydrogen-bond acceptors (Lipinski definition) is 15. The van der Waals surface area contributed by atoms with E-state index in [9.17, 15) is 43.2 Å². The summed E-state index contributed by atoms with van der Waals surface area (Å²) in [6.45, 7) is 9.38. The highest BCUT2D eigenvalue weighted by Crippen LogP contribution is 2.45. The Balaban J connectivity index is 5.18. The van der Waals surface area contributed by atoms with Crippen LogP contribution in [0, 0.1) is 11.8 Å². The molecule has 0 aliphatic rings. The van der Waals surface area contributed by atoms with Gasteiger partial charge in [-0.25, -0.2) is 9.13 Å². The van der Waals surface area contributed by atoms with Crippen LogP contribution in [-0.4, -0.2) is 96.7 Å². The zero-order valence-electron chi connectivity index (χ0n) is 54.2. The standard InChI is InChI=1S/C65H126O17P2/c1-7-10-12-14-15-16-17-18-19-23-26-29-36-42-48-63(68)76-54-61(81-64(69)49-43-37-30-27-24-21-20-22-25-28-34-39-45-57(4)5)56-80-84(73,74)78-52-59(66)51-77-83(71,72)79-55-60(53-75-62(67)47-41-33-13-11-8-2)82-65(70)50-44-38-32-31-35-40-46-58(6)9-3/h57-61,66H,7-56H2,1-6H3,(H,71,72)(H,73,74)/t58?,59-,60+,61+/m0/s1. The quantitative estimate of drug-likeness (QED) is 0.0222. The number of unbranched alkanes of at least 4 members (excludes halogenated alkanes) is 33. The third-order valence-corrected chi connectivity index (χ3v) is 17.2. The van der Waals surface area contributed by atoms with Crippen molar-refractivity contribution < 1.29 is 80.2 Å². The van der Waals surface area contributed by atoms with Crippen molar-refractivity contribution >= 4 is 39.5 Å². The first-order valence-corrected chi connectivity index (χ1v) is 37.0. The van der Waals surface area contributed by atoms with Gasteiger partial charge in [0.05, 0.1) is 26.4 Å². The lowest BCUT2D eigenvalue weighted by Gasteiger charge is -2.21. The number of carbonyl (C=O) groups excluding carboxylic acids is 4. The van der Waals surface area contributed by atoms with Crippen LogP contribution in [0.4, 0.5) is 0 Å². The Morgan fingerprint density at radius 2 is 0.607 bits per heavy atom. The Labute approximate surface area is 511 Å². The molecular formula is C65H126O17P2. The molecule has 0 aromatic rings. The van der Waals surface area contributed by atoms with Crippen molar-refractivity contribution in [1.82, 2.24) is 0 Å². The molecule has 0 radical (unpaired) electrons. The van der Waals surface area contributed by atoms with Crippen LogP contribution in [-0.2, 0) is 65.4 Å². The van der Waals surface area contributed by atoms with E-state index in [0.717, 1.165) is 108 Å². The highest BCUT2D eigenvalue weighted by molar-refractivity contribution is 7.47. The highest BCUT2D eigenvalue weighted by Gasteiger charge is 2.30. The summed E-state index contributed by atoms with van der Waals surface area (Å²) in [5, 5.41) is 10.5. The Bertz CT molecular complexity index is 1650. The van der Waals surface area contributed by atoms with E-state index in [-0.39, 0.29) is 25.7 Å². The molecule has 0 aliphatic carbocycles. The lowest BCUT2D eigenvalue weighted by molar-refractivity contribution is -0.161. The zero-order chi connectivity index (χ0) is 62.2. The van der Waals surface area contributed by atoms with Gasteiger partial charge in [-0.3, -0.25) is 37.3 Å². The molecule has 0 aromatic heterocycles. The highest BCUT2D eigenvalue weighted by atomic mass is 31.2. The predicted molar refractivity (Wildman–Crippen MR) is 335 cm³/mol. The van der Waals surface area contributed by atoms with E-state index in [2.05, 4.69) is 41.5 Å². The fraction of sp³-hybridized carbons (Fsp3) is 0.938. The van der Waals surface area contributed by atoms with Crippen molar-refractivity contribution in [3.8, 4) is 0 Å². The molecule has 0 saturated heterocycles. The van der Waals surface area contributed by atoms with Gasteiger partial charge < -0.3 is 33.8 Å². The molecule has 0 bridgehead atoms. The lowest BCUT2D eigenvalue weighted by atomic mass is 10.00. The zero-order valence-corrected chi connectivity index (χ0v) is 56.0. The summed E-state index contributed by atoms with van der Waals surface area (Å²) in [6, 6.07) is 0. The van der Waals surface area contributed by atoms with Gasteiger partial charge in [0, 0.05) is 25.7 Å². The van der Waals surface area contributed by atoms with Gasteiger partial charge in [0.15, 0.2) is 12.2 Å². The maximum absolute atomic E-state index is 13.0. The minimum absolute atomic E-state index is 0.102. The maximum Gasteiger partial charge on any atom is 0.472 e. The lowest BCUT2D eigenvalue weighted by Crippen LogP contribution is -2.30. The van der Waals surface area contributed by atoms with Crippen molar-refractivity contribution in [2.45, 2.75) is 342 Å². The van der Waals surface area contributed by atoms with Gasteiger partial charge in [-0.15, -0.1) is 0 Å². The van der Waals surface area contributed by atoms with Crippen molar-refractivity contribution in [3.05, 3.63) is 0 Å². The molecule has 19 heteroatoms. The average Bonchev–Trinajstić information content (AvgIpc) is 3.66. The van der Waals surface area contributed by atoms with Gasteiger partial charge >= 0.3 is 39.5 Å². The van der Waals surface area contributed by atoms with Crippen LogP contribution >= 0.6 is 15.6 Å². The molecule has 0 saturated carbocycles. The van der Waals surface area contributed by atoms with Crippen molar-refractivity contribution in [2.75, 3.05) is 39.6 Å². The second kappa shape index (κ2) is 57.5. The molecule has 17 nitrogen and oxygen atoms in total. The van der Waals surface area contributed by atoms with E-state index in [1.165, 1.54) is 135 Å². The number of ether oxygens (including phenoxy) is 4. The summed E-state index contributed by atoms with van der Waals surface area (Å²) in [7, 11) is -9.88. The summed E-state index contributed by atoms with van der Waals surface area (Å²) in [5.74, 6) is -0.647. The summed E-state index contributed by atoms with van der Waals surface area (Å²) >= 11 is 0. The van der Waals surface area contributed by atoms with Gasteiger partial charge in [0.2, 0.25) is 0 Å². The van der Waals surface area contributed by atoms with Gasteiger partial charge in [0.1, 0.15) is 19.3 Å². The van der Waals surface area contributed by atoms with Gasteiger partial charge in [-0.05, 0) is 37.5 Å². The molecule has 3 N–H and O–H groups in total. The Morgan fingerprint density at radius 1 is 0.345 bits per heavy atom. The first kappa shape index (κ1) is 82.1. The van der Waals surface area contributed by atoms with Crippen molar-refractivity contribution in [2.24, 2.45) is 11.8 Å². The first-order valence-electron chi connectivity index (χ1n) is 34.0. The molecule has 0 aromatic carbocycles. The van der Waals surface area contributed by atoms with Gasteiger partial charge in [-0.2, -0.15) is 0 Å². The van der Waals surface area contributed by atoms with Crippen LogP contribution < -0.4 is 0 Å². The van der Waals surface area contributed by atoms with Crippen molar-refractivity contribution in [1.29, 1.82) is 0 Å². The molecule has 0 amide bonds.